The second-order valence-corrected chi connectivity index (χ2v) is 10.4. The van der Waals surface area contributed by atoms with Crippen LogP contribution in [-0.4, -0.2) is 11.2 Å². The number of allylic oxidation sites excluding steroid dienone is 2. The fourth-order valence-corrected chi connectivity index (χ4v) is 7.51. The molecule has 0 spiro atoms. The molecular formula is C21H34O. The lowest BCUT2D eigenvalue weighted by molar-refractivity contribution is -0.0450. The van der Waals surface area contributed by atoms with Crippen LogP contribution in [0.15, 0.2) is 11.6 Å². The highest BCUT2D eigenvalue weighted by Gasteiger charge is 2.58. The maximum absolute atomic E-state index is 10.3. The van der Waals surface area contributed by atoms with Crippen molar-refractivity contribution in [3.63, 3.8) is 0 Å². The van der Waals surface area contributed by atoms with Crippen molar-refractivity contribution in [1.82, 2.24) is 0 Å². The van der Waals surface area contributed by atoms with Gasteiger partial charge in [0.1, 0.15) is 0 Å². The lowest BCUT2D eigenvalue weighted by Gasteiger charge is -2.57. The number of rotatable bonds is 0. The largest absolute Gasteiger partial charge is 0.393 e. The van der Waals surface area contributed by atoms with Crippen molar-refractivity contribution in [2.24, 2.45) is 34.0 Å². The number of hydrogen-bond acceptors (Lipinski definition) is 1. The molecule has 124 valence electrons. The molecule has 1 N–H and O–H groups in total. The Morgan fingerprint density at radius 2 is 1.82 bits per heavy atom. The molecule has 0 amide bonds. The molecule has 3 fully saturated rings. The molecule has 3 saturated carbocycles. The van der Waals surface area contributed by atoms with Crippen LogP contribution in [0.1, 0.15) is 79.1 Å². The topological polar surface area (TPSA) is 20.2 Å². The van der Waals surface area contributed by atoms with E-state index in [2.05, 4.69) is 33.8 Å². The standard InChI is InChI=1S/C21H34O/c1-19(2)12-18-16-8-6-14-5-7-15(22)11-21(14,4)17(16)9-10-20(18,3)13-19/h6,15-18,22H,5,7-13H2,1-4H3/t15?,16-,17-,18+,20-,21+/m1/s1. The first-order valence-corrected chi connectivity index (χ1v) is 9.61. The second kappa shape index (κ2) is 4.62. The van der Waals surface area contributed by atoms with Crippen LogP contribution in [0, 0.1) is 34.0 Å². The molecule has 0 bridgehead atoms. The van der Waals surface area contributed by atoms with E-state index >= 15 is 0 Å². The zero-order valence-corrected chi connectivity index (χ0v) is 15.0. The van der Waals surface area contributed by atoms with Crippen molar-refractivity contribution in [3.8, 4) is 0 Å². The lowest BCUT2D eigenvalue weighted by Crippen LogP contribution is -2.49. The summed E-state index contributed by atoms with van der Waals surface area (Å²) in [5, 5.41) is 10.3. The van der Waals surface area contributed by atoms with Gasteiger partial charge in [0.15, 0.2) is 0 Å². The van der Waals surface area contributed by atoms with Gasteiger partial charge in [-0.05, 0) is 85.4 Å². The Morgan fingerprint density at radius 1 is 1.05 bits per heavy atom. The van der Waals surface area contributed by atoms with E-state index in [0.29, 0.717) is 16.2 Å². The van der Waals surface area contributed by atoms with Crippen molar-refractivity contribution in [2.45, 2.75) is 85.2 Å². The van der Waals surface area contributed by atoms with Crippen molar-refractivity contribution in [1.29, 1.82) is 0 Å². The Bertz CT molecular complexity index is 504. The van der Waals surface area contributed by atoms with Gasteiger partial charge in [-0.2, -0.15) is 0 Å². The summed E-state index contributed by atoms with van der Waals surface area (Å²) >= 11 is 0. The molecule has 4 aliphatic rings. The predicted octanol–water partition coefficient (Wildman–Crippen LogP) is 5.34. The van der Waals surface area contributed by atoms with E-state index in [1.807, 2.05) is 0 Å². The van der Waals surface area contributed by atoms with Crippen LogP contribution in [0.25, 0.3) is 0 Å². The monoisotopic (exact) mass is 302 g/mol. The summed E-state index contributed by atoms with van der Waals surface area (Å²) in [6.07, 6.45) is 12.7. The van der Waals surface area contributed by atoms with Crippen molar-refractivity contribution in [2.75, 3.05) is 0 Å². The number of aliphatic hydroxyl groups is 1. The number of fused-ring (bicyclic) bond motifs is 5. The Kier molecular flexibility index (Phi) is 3.20. The van der Waals surface area contributed by atoms with Crippen LogP contribution in [0.5, 0.6) is 0 Å². The molecule has 1 unspecified atom stereocenters. The molecule has 0 aliphatic heterocycles. The summed E-state index contributed by atoms with van der Waals surface area (Å²) < 4.78 is 0. The Morgan fingerprint density at radius 3 is 2.59 bits per heavy atom. The first-order chi connectivity index (χ1) is 10.2. The summed E-state index contributed by atoms with van der Waals surface area (Å²) in [6, 6.07) is 0. The molecule has 0 heterocycles. The van der Waals surface area contributed by atoms with Crippen LogP contribution < -0.4 is 0 Å². The second-order valence-electron chi connectivity index (χ2n) is 10.4. The highest BCUT2D eigenvalue weighted by Crippen LogP contribution is 2.67. The minimum Gasteiger partial charge on any atom is -0.393 e. The minimum atomic E-state index is -0.0609. The van der Waals surface area contributed by atoms with Crippen molar-refractivity contribution < 1.29 is 5.11 Å². The SMILES string of the molecule is CC1(C)C[C@H]2[C@@H]3CC=C4CCC(O)C[C@]4(C)[C@@H]3CC[C@]2(C)C1. The van der Waals surface area contributed by atoms with E-state index in [1.165, 1.54) is 32.1 Å². The third-order valence-electron chi connectivity index (χ3n) is 8.21. The van der Waals surface area contributed by atoms with Crippen LogP contribution >= 0.6 is 0 Å². The van der Waals surface area contributed by atoms with Gasteiger partial charge in [-0.3, -0.25) is 0 Å². The molecule has 0 saturated heterocycles. The number of hydrogen-bond donors (Lipinski definition) is 1. The molecule has 6 atom stereocenters. The van der Waals surface area contributed by atoms with E-state index < -0.39 is 0 Å². The maximum atomic E-state index is 10.3. The Labute approximate surface area is 136 Å². The molecule has 4 aliphatic carbocycles. The molecule has 1 heteroatoms. The molecule has 1 nitrogen and oxygen atoms in total. The van der Waals surface area contributed by atoms with Crippen molar-refractivity contribution >= 4 is 0 Å². The molecule has 22 heavy (non-hydrogen) atoms. The van der Waals surface area contributed by atoms with E-state index in [1.54, 1.807) is 5.57 Å². The third-order valence-corrected chi connectivity index (χ3v) is 8.21. The maximum Gasteiger partial charge on any atom is 0.0551 e. The highest BCUT2D eigenvalue weighted by atomic mass is 16.3. The Balaban J connectivity index is 1.69. The number of aliphatic hydroxyl groups excluding tert-OH is 1. The van der Waals surface area contributed by atoms with Gasteiger partial charge >= 0.3 is 0 Å². The van der Waals surface area contributed by atoms with Crippen LogP contribution in [0.3, 0.4) is 0 Å². The molecule has 0 aromatic rings. The zero-order valence-electron chi connectivity index (χ0n) is 15.0. The van der Waals surface area contributed by atoms with Crippen molar-refractivity contribution in [3.05, 3.63) is 11.6 Å². The van der Waals surface area contributed by atoms with Gasteiger partial charge in [0, 0.05) is 0 Å². The van der Waals surface area contributed by atoms with E-state index in [-0.39, 0.29) is 6.10 Å². The summed E-state index contributed by atoms with van der Waals surface area (Å²) in [4.78, 5) is 0. The van der Waals surface area contributed by atoms with Gasteiger partial charge in [-0.1, -0.05) is 39.3 Å². The third kappa shape index (κ3) is 2.07. The van der Waals surface area contributed by atoms with E-state index in [4.69, 9.17) is 0 Å². The summed E-state index contributed by atoms with van der Waals surface area (Å²) in [6.45, 7) is 10.0. The van der Waals surface area contributed by atoms with Gasteiger partial charge in [0.05, 0.1) is 6.10 Å². The smallest absolute Gasteiger partial charge is 0.0551 e. The van der Waals surface area contributed by atoms with Gasteiger partial charge in [-0.25, -0.2) is 0 Å². The minimum absolute atomic E-state index is 0.0609. The molecule has 0 aromatic heterocycles. The first kappa shape index (κ1) is 15.2. The average molecular weight is 303 g/mol. The molecule has 0 aromatic carbocycles. The molecule has 0 radical (unpaired) electrons. The van der Waals surface area contributed by atoms with Gasteiger partial charge in [-0.15, -0.1) is 0 Å². The van der Waals surface area contributed by atoms with Crippen LogP contribution in [0.4, 0.5) is 0 Å². The fraction of sp³-hybridized carbons (Fsp3) is 0.905. The van der Waals surface area contributed by atoms with Gasteiger partial charge < -0.3 is 5.11 Å². The highest BCUT2D eigenvalue weighted by molar-refractivity contribution is 5.25. The van der Waals surface area contributed by atoms with Gasteiger partial charge in [0.2, 0.25) is 0 Å². The van der Waals surface area contributed by atoms with Crippen LogP contribution in [0.2, 0.25) is 0 Å². The Hall–Kier alpha value is -0.300. The van der Waals surface area contributed by atoms with E-state index in [9.17, 15) is 5.11 Å². The normalized spacial score (nSPS) is 53.2. The molecular weight excluding hydrogens is 268 g/mol. The van der Waals surface area contributed by atoms with Gasteiger partial charge in [0.25, 0.3) is 0 Å². The summed E-state index contributed by atoms with van der Waals surface area (Å²) in [5.74, 6) is 2.61. The first-order valence-electron chi connectivity index (χ1n) is 9.61. The average Bonchev–Trinajstić information content (AvgIpc) is 2.66. The summed E-state index contributed by atoms with van der Waals surface area (Å²) in [7, 11) is 0. The van der Waals surface area contributed by atoms with E-state index in [0.717, 1.165) is 37.0 Å². The quantitative estimate of drug-likeness (QED) is 0.599. The van der Waals surface area contributed by atoms with Crippen LogP contribution in [-0.2, 0) is 0 Å². The zero-order chi connectivity index (χ0) is 15.8. The summed E-state index contributed by atoms with van der Waals surface area (Å²) in [5.41, 5.74) is 3.11. The molecule has 4 rings (SSSR count). The fourth-order valence-electron chi connectivity index (χ4n) is 7.51. The predicted molar refractivity (Wildman–Crippen MR) is 91.5 cm³/mol. The lowest BCUT2D eigenvalue weighted by atomic mass is 9.48.